The molecule has 4 nitrogen and oxygen atoms in total. The van der Waals surface area contributed by atoms with Crippen molar-refractivity contribution in [3.8, 4) is 0 Å². The fourth-order valence-corrected chi connectivity index (χ4v) is 3.13. The molecule has 20 heavy (non-hydrogen) atoms. The molecule has 1 fully saturated rings. The number of hydrogen-bond donors (Lipinski definition) is 0. The molecule has 0 bridgehead atoms. The molecule has 1 aliphatic rings. The molecule has 1 saturated heterocycles. The van der Waals surface area contributed by atoms with Gasteiger partial charge in [-0.15, -0.1) is 0 Å². The van der Waals surface area contributed by atoms with E-state index in [1.54, 1.807) is 0 Å². The zero-order valence-corrected chi connectivity index (χ0v) is 12.7. The summed E-state index contributed by atoms with van der Waals surface area (Å²) in [5, 5.41) is 0. The lowest BCUT2D eigenvalue weighted by Crippen LogP contribution is -2.35. The van der Waals surface area contributed by atoms with Crippen molar-refractivity contribution in [1.29, 1.82) is 0 Å². The normalized spacial score (nSPS) is 15.4. The fraction of sp³-hybridized carbons (Fsp3) is 0.625. The van der Waals surface area contributed by atoms with Crippen LogP contribution in [0.4, 0.5) is 0 Å². The van der Waals surface area contributed by atoms with Crippen LogP contribution in [-0.2, 0) is 18.3 Å². The number of carbonyl (C=O) groups excluding carboxylic acids is 2. The van der Waals surface area contributed by atoms with Crippen LogP contribution in [0.2, 0.25) is 0 Å². The average molecular weight is 276 g/mol. The zero-order chi connectivity index (χ0) is 14.7. The van der Waals surface area contributed by atoms with E-state index in [0.29, 0.717) is 6.42 Å². The van der Waals surface area contributed by atoms with E-state index in [2.05, 4.69) is 0 Å². The van der Waals surface area contributed by atoms with Crippen molar-refractivity contribution >= 4 is 12.2 Å². The molecule has 0 aliphatic carbocycles. The highest BCUT2D eigenvalue weighted by molar-refractivity contribution is 5.78. The Morgan fingerprint density at radius 3 is 2.40 bits per heavy atom. The summed E-state index contributed by atoms with van der Waals surface area (Å²) in [5.74, 6) is 0.250. The Labute approximate surface area is 120 Å². The molecule has 0 aromatic carbocycles. The number of amides is 1. The van der Waals surface area contributed by atoms with E-state index in [0.717, 1.165) is 61.2 Å². The van der Waals surface area contributed by atoms with Crippen LogP contribution < -0.4 is 0 Å². The molecule has 2 heterocycles. The summed E-state index contributed by atoms with van der Waals surface area (Å²) in [6.07, 6.45) is 5.68. The van der Waals surface area contributed by atoms with E-state index in [1.807, 2.05) is 30.4 Å². The van der Waals surface area contributed by atoms with Gasteiger partial charge in [-0.1, -0.05) is 0 Å². The molecule has 1 aromatic rings. The van der Waals surface area contributed by atoms with E-state index in [-0.39, 0.29) is 5.91 Å². The monoisotopic (exact) mass is 276 g/mol. The standard InChI is InChI=1S/C16H24N2O2/c1-12-14(13(2)17(3)15(12)11-19)7-8-16(20)18-9-5-4-6-10-18/h11H,4-10H2,1-3H3. The number of hydrogen-bond acceptors (Lipinski definition) is 2. The van der Waals surface area contributed by atoms with Gasteiger partial charge in [0, 0.05) is 32.3 Å². The van der Waals surface area contributed by atoms with Crippen LogP contribution in [0.3, 0.4) is 0 Å². The Morgan fingerprint density at radius 2 is 1.85 bits per heavy atom. The van der Waals surface area contributed by atoms with Crippen molar-refractivity contribution in [2.24, 2.45) is 7.05 Å². The summed E-state index contributed by atoms with van der Waals surface area (Å²) in [6.45, 7) is 5.80. The highest BCUT2D eigenvalue weighted by atomic mass is 16.2. The highest BCUT2D eigenvalue weighted by Gasteiger charge is 2.19. The molecular weight excluding hydrogens is 252 g/mol. The highest BCUT2D eigenvalue weighted by Crippen LogP contribution is 2.22. The number of piperidine rings is 1. The molecule has 0 unspecified atom stereocenters. The van der Waals surface area contributed by atoms with E-state index < -0.39 is 0 Å². The first-order valence-corrected chi connectivity index (χ1v) is 7.44. The molecule has 1 aromatic heterocycles. The fourth-order valence-electron chi connectivity index (χ4n) is 3.13. The van der Waals surface area contributed by atoms with Crippen LogP contribution in [-0.4, -0.2) is 34.7 Å². The summed E-state index contributed by atoms with van der Waals surface area (Å²) in [7, 11) is 1.90. The Bertz CT molecular complexity index is 511. The first-order valence-electron chi connectivity index (χ1n) is 7.44. The summed E-state index contributed by atoms with van der Waals surface area (Å²) >= 11 is 0. The van der Waals surface area contributed by atoms with Gasteiger partial charge >= 0.3 is 0 Å². The van der Waals surface area contributed by atoms with Gasteiger partial charge in [-0.05, 0) is 50.7 Å². The maximum absolute atomic E-state index is 12.2. The second-order valence-electron chi connectivity index (χ2n) is 5.69. The van der Waals surface area contributed by atoms with Gasteiger partial charge in [-0.25, -0.2) is 0 Å². The lowest BCUT2D eigenvalue weighted by atomic mass is 10.0. The summed E-state index contributed by atoms with van der Waals surface area (Å²) < 4.78 is 1.92. The molecule has 4 heteroatoms. The third-order valence-corrected chi connectivity index (χ3v) is 4.55. The Balaban J connectivity index is 2.03. The second-order valence-corrected chi connectivity index (χ2v) is 5.69. The summed E-state index contributed by atoms with van der Waals surface area (Å²) in [5.41, 5.74) is 3.99. The lowest BCUT2D eigenvalue weighted by Gasteiger charge is -2.26. The minimum absolute atomic E-state index is 0.250. The SMILES string of the molecule is Cc1c(CCC(=O)N2CCCCC2)c(C)n(C)c1C=O. The van der Waals surface area contributed by atoms with Gasteiger partial charge in [-0.2, -0.15) is 0 Å². The topological polar surface area (TPSA) is 42.3 Å². The first kappa shape index (κ1) is 14.8. The molecule has 0 radical (unpaired) electrons. The number of rotatable bonds is 4. The van der Waals surface area contributed by atoms with Crippen LogP contribution in [0.5, 0.6) is 0 Å². The molecule has 1 aliphatic heterocycles. The quantitative estimate of drug-likeness (QED) is 0.792. The van der Waals surface area contributed by atoms with Gasteiger partial charge in [-0.3, -0.25) is 9.59 Å². The molecule has 0 N–H and O–H groups in total. The van der Waals surface area contributed by atoms with E-state index in [1.165, 1.54) is 6.42 Å². The van der Waals surface area contributed by atoms with Gasteiger partial charge in [0.2, 0.25) is 5.91 Å². The average Bonchev–Trinajstić information content (AvgIpc) is 2.68. The minimum Gasteiger partial charge on any atom is -0.345 e. The van der Waals surface area contributed by atoms with Gasteiger partial charge < -0.3 is 9.47 Å². The molecule has 110 valence electrons. The summed E-state index contributed by atoms with van der Waals surface area (Å²) in [4.78, 5) is 25.3. The number of aldehydes is 1. The van der Waals surface area contributed by atoms with Crippen LogP contribution in [0, 0.1) is 13.8 Å². The molecule has 1 amide bonds. The molecule has 2 rings (SSSR count). The van der Waals surface area contributed by atoms with Crippen molar-refractivity contribution in [2.75, 3.05) is 13.1 Å². The minimum atomic E-state index is 0.250. The maximum Gasteiger partial charge on any atom is 0.222 e. The van der Waals surface area contributed by atoms with Crippen molar-refractivity contribution in [3.05, 3.63) is 22.5 Å². The number of likely N-dealkylation sites (tertiary alicyclic amines) is 1. The Hall–Kier alpha value is -1.58. The molecular formula is C16H24N2O2. The van der Waals surface area contributed by atoms with Crippen LogP contribution in [0.25, 0.3) is 0 Å². The van der Waals surface area contributed by atoms with E-state index >= 15 is 0 Å². The van der Waals surface area contributed by atoms with Crippen LogP contribution >= 0.6 is 0 Å². The van der Waals surface area contributed by atoms with Crippen molar-refractivity contribution in [1.82, 2.24) is 9.47 Å². The van der Waals surface area contributed by atoms with Gasteiger partial charge in [0.25, 0.3) is 0 Å². The van der Waals surface area contributed by atoms with Crippen LogP contribution in [0.15, 0.2) is 0 Å². The maximum atomic E-state index is 12.2. The Morgan fingerprint density at radius 1 is 1.20 bits per heavy atom. The molecule has 0 saturated carbocycles. The number of aromatic nitrogens is 1. The third kappa shape index (κ3) is 2.79. The smallest absolute Gasteiger partial charge is 0.222 e. The Kier molecular flexibility index (Phi) is 4.63. The van der Waals surface area contributed by atoms with E-state index in [4.69, 9.17) is 0 Å². The summed E-state index contributed by atoms with van der Waals surface area (Å²) in [6, 6.07) is 0. The van der Waals surface area contributed by atoms with E-state index in [9.17, 15) is 9.59 Å². The first-order chi connectivity index (χ1) is 9.56. The van der Waals surface area contributed by atoms with Gasteiger partial charge in [0.1, 0.15) is 0 Å². The molecule has 0 atom stereocenters. The van der Waals surface area contributed by atoms with Gasteiger partial charge in [0.05, 0.1) is 5.69 Å². The second kappa shape index (κ2) is 6.25. The molecule has 0 spiro atoms. The van der Waals surface area contributed by atoms with Crippen molar-refractivity contribution < 1.29 is 9.59 Å². The van der Waals surface area contributed by atoms with Crippen molar-refractivity contribution in [2.45, 2.75) is 46.0 Å². The number of nitrogens with zero attached hydrogens (tertiary/aromatic N) is 2. The third-order valence-electron chi connectivity index (χ3n) is 4.55. The predicted molar refractivity (Wildman–Crippen MR) is 79.0 cm³/mol. The van der Waals surface area contributed by atoms with Gasteiger partial charge in [0.15, 0.2) is 6.29 Å². The number of carbonyl (C=O) groups is 2. The largest absolute Gasteiger partial charge is 0.345 e. The van der Waals surface area contributed by atoms with Crippen LogP contribution in [0.1, 0.15) is 53.0 Å². The predicted octanol–water partition coefficient (Wildman–Crippen LogP) is 2.40. The lowest BCUT2D eigenvalue weighted by molar-refractivity contribution is -0.132. The van der Waals surface area contributed by atoms with Crippen molar-refractivity contribution in [3.63, 3.8) is 0 Å². The zero-order valence-electron chi connectivity index (χ0n) is 12.7.